The molecule has 0 radical (unpaired) electrons. The second-order valence-electron chi connectivity index (χ2n) is 1.99. The summed E-state index contributed by atoms with van der Waals surface area (Å²) >= 11 is 12.8. The summed E-state index contributed by atoms with van der Waals surface area (Å²) in [5, 5.41) is 0.934. The summed E-state index contributed by atoms with van der Waals surface area (Å²) in [6, 6.07) is 0. The maximum absolute atomic E-state index is 4.54. The maximum atomic E-state index is 4.54. The predicted octanol–water partition coefficient (Wildman–Crippen LogP) is 2.70. The Morgan fingerprint density at radius 3 is 2.22 bits per heavy atom. The molecule has 0 atom stereocenters. The molecule has 0 nitrogen and oxygen atoms in total. The van der Waals surface area contributed by atoms with Gasteiger partial charge in [-0.3, -0.25) is 0 Å². The van der Waals surface area contributed by atoms with E-state index in [1.165, 1.54) is 19.3 Å². The van der Waals surface area contributed by atoms with Crippen LogP contribution >= 0.6 is 25.3 Å². The predicted molar refractivity (Wildman–Crippen MR) is 45.0 cm³/mol. The van der Waals surface area contributed by atoms with Crippen molar-refractivity contribution in [2.24, 2.45) is 0 Å². The van der Waals surface area contributed by atoms with Crippen molar-refractivity contribution in [3.05, 3.63) is 0 Å². The number of hydrogen-bond acceptors (Lipinski definition) is 2. The SMILES string of the molecule is SC(S)CCCC[CH2][Ni]. The fraction of sp³-hybridized carbons (Fsp3) is 1.00. The van der Waals surface area contributed by atoms with Crippen LogP contribution in [0.4, 0.5) is 0 Å². The quantitative estimate of drug-likeness (QED) is 0.295. The molecule has 0 N–H and O–H groups in total. The van der Waals surface area contributed by atoms with Crippen LogP contribution in [-0.4, -0.2) is 4.58 Å². The molecule has 0 saturated carbocycles. The second kappa shape index (κ2) is 7.30. The van der Waals surface area contributed by atoms with Crippen molar-refractivity contribution in [2.45, 2.75) is 35.7 Å². The monoisotopic (exact) mass is 207 g/mol. The zero-order chi connectivity index (χ0) is 7.11. The van der Waals surface area contributed by atoms with Gasteiger partial charge in [-0.05, 0) is 0 Å². The van der Waals surface area contributed by atoms with Crippen molar-refractivity contribution in [3.8, 4) is 0 Å². The van der Waals surface area contributed by atoms with Crippen LogP contribution < -0.4 is 0 Å². The first kappa shape index (κ1) is 10.2. The Kier molecular flexibility index (Phi) is 8.27. The van der Waals surface area contributed by atoms with Crippen molar-refractivity contribution in [2.75, 3.05) is 0 Å². The van der Waals surface area contributed by atoms with Crippen molar-refractivity contribution < 1.29 is 15.5 Å². The molecule has 0 aliphatic heterocycles. The summed E-state index contributed by atoms with van der Waals surface area (Å²) in [5.41, 5.74) is 0. The molecular formula is C6H13NiS2. The third kappa shape index (κ3) is 9.19. The number of hydrogen-bond donors (Lipinski definition) is 2. The number of rotatable bonds is 5. The summed E-state index contributed by atoms with van der Waals surface area (Å²) in [6.07, 6.45) is 4.76. The molecule has 0 fully saturated rings. The molecular weight excluding hydrogens is 195 g/mol. The van der Waals surface area contributed by atoms with E-state index in [0.717, 1.165) is 11.8 Å². The van der Waals surface area contributed by atoms with Crippen molar-refractivity contribution >= 4 is 25.3 Å². The normalized spacial score (nSPS) is 10.8. The third-order valence-electron chi connectivity index (χ3n) is 1.07. The van der Waals surface area contributed by atoms with E-state index in [9.17, 15) is 0 Å². The molecule has 0 saturated heterocycles. The molecule has 0 aliphatic carbocycles. The molecule has 0 unspecified atom stereocenters. The summed E-state index contributed by atoms with van der Waals surface area (Å²) in [5.74, 6) is 0. The van der Waals surface area contributed by atoms with Crippen LogP contribution in [0.1, 0.15) is 25.7 Å². The standard InChI is InChI=1S/C6H13S2.Ni/c1-2-3-4-5-6(7)8;/h6-8H,1-5H2;. The first-order valence-electron chi connectivity index (χ1n) is 3.15. The van der Waals surface area contributed by atoms with Gasteiger partial charge in [-0.25, -0.2) is 0 Å². The molecule has 0 bridgehead atoms. The van der Waals surface area contributed by atoms with Gasteiger partial charge in [0.1, 0.15) is 0 Å². The minimum atomic E-state index is 0.263. The van der Waals surface area contributed by atoms with Gasteiger partial charge in [-0.15, -0.1) is 0 Å². The van der Waals surface area contributed by atoms with Gasteiger partial charge in [-0.2, -0.15) is 0 Å². The van der Waals surface area contributed by atoms with Crippen molar-refractivity contribution in [1.29, 1.82) is 0 Å². The van der Waals surface area contributed by atoms with Gasteiger partial charge in [0.15, 0.2) is 0 Å². The molecule has 0 aromatic carbocycles. The van der Waals surface area contributed by atoms with E-state index in [-0.39, 0.29) is 4.58 Å². The molecule has 3 heteroatoms. The van der Waals surface area contributed by atoms with Gasteiger partial charge < -0.3 is 0 Å². The topological polar surface area (TPSA) is 0 Å². The van der Waals surface area contributed by atoms with Crippen LogP contribution in [0.25, 0.3) is 0 Å². The summed E-state index contributed by atoms with van der Waals surface area (Å²) in [6.45, 7) is 0. The van der Waals surface area contributed by atoms with E-state index in [0.29, 0.717) is 0 Å². The van der Waals surface area contributed by atoms with Gasteiger partial charge in [0, 0.05) is 0 Å². The van der Waals surface area contributed by atoms with Gasteiger partial charge in [0.05, 0.1) is 0 Å². The zero-order valence-electron chi connectivity index (χ0n) is 5.32. The Balaban J connectivity index is 2.75. The molecule has 0 rings (SSSR count). The average molecular weight is 208 g/mol. The van der Waals surface area contributed by atoms with Gasteiger partial charge >= 0.3 is 76.4 Å². The molecule has 0 heterocycles. The molecule has 0 amide bonds. The fourth-order valence-electron chi connectivity index (χ4n) is 0.583. The summed E-state index contributed by atoms with van der Waals surface area (Å²) in [7, 11) is 0. The zero-order valence-corrected chi connectivity index (χ0v) is 8.10. The van der Waals surface area contributed by atoms with Gasteiger partial charge in [0.2, 0.25) is 0 Å². The van der Waals surface area contributed by atoms with Crippen molar-refractivity contribution in [1.82, 2.24) is 0 Å². The molecule has 0 aliphatic rings. The molecule has 0 spiro atoms. The van der Waals surface area contributed by atoms with Gasteiger partial charge in [-0.1, -0.05) is 0 Å². The Hall–Kier alpha value is 1.19. The first-order chi connectivity index (χ1) is 4.27. The van der Waals surface area contributed by atoms with E-state index in [1.54, 1.807) is 0 Å². The molecule has 0 aromatic rings. The van der Waals surface area contributed by atoms with Crippen LogP contribution in [0.2, 0.25) is 5.39 Å². The molecule has 9 heavy (non-hydrogen) atoms. The molecule has 0 aromatic heterocycles. The molecule has 59 valence electrons. The van der Waals surface area contributed by atoms with Crippen molar-refractivity contribution in [3.63, 3.8) is 0 Å². The Morgan fingerprint density at radius 1 is 1.11 bits per heavy atom. The van der Waals surface area contributed by atoms with Gasteiger partial charge in [0.25, 0.3) is 0 Å². The van der Waals surface area contributed by atoms with E-state index < -0.39 is 0 Å². The van der Waals surface area contributed by atoms with E-state index >= 15 is 0 Å². The van der Waals surface area contributed by atoms with Crippen LogP contribution in [0.3, 0.4) is 0 Å². The third-order valence-corrected chi connectivity index (χ3v) is 1.94. The minimum absolute atomic E-state index is 0.263. The van der Waals surface area contributed by atoms with Crippen LogP contribution in [0, 0.1) is 0 Å². The first-order valence-corrected chi connectivity index (χ1v) is 4.88. The van der Waals surface area contributed by atoms with Crippen LogP contribution in [0.15, 0.2) is 0 Å². The van der Waals surface area contributed by atoms with E-state index in [2.05, 4.69) is 40.7 Å². The van der Waals surface area contributed by atoms with E-state index in [4.69, 9.17) is 0 Å². The Labute approximate surface area is 76.4 Å². The van der Waals surface area contributed by atoms with Crippen LogP contribution in [0.5, 0.6) is 0 Å². The average Bonchev–Trinajstić information content (AvgIpc) is 1.80. The fourth-order valence-corrected chi connectivity index (χ4v) is 1.19. The Bertz CT molecular complexity index is 57.0. The number of thiol groups is 2. The summed E-state index contributed by atoms with van der Waals surface area (Å²) < 4.78 is 0.263. The summed E-state index contributed by atoms with van der Waals surface area (Å²) in [4.78, 5) is 0. The number of unbranched alkanes of at least 4 members (excludes halogenated alkanes) is 2. The van der Waals surface area contributed by atoms with E-state index in [1.807, 2.05) is 0 Å². The van der Waals surface area contributed by atoms with Crippen LogP contribution in [-0.2, 0) is 15.5 Å². The second-order valence-corrected chi connectivity index (χ2v) is 4.14. The Morgan fingerprint density at radius 2 is 1.78 bits per heavy atom.